The summed E-state index contributed by atoms with van der Waals surface area (Å²) in [7, 11) is 0. The average molecular weight is 227 g/mol. The molecule has 2 aliphatic rings. The van der Waals surface area contributed by atoms with Crippen molar-refractivity contribution in [3.05, 3.63) is 0 Å². The molecule has 2 heterocycles. The molecule has 0 spiro atoms. The number of carbonyl (C=O) groups excluding carboxylic acids is 1. The molecule has 0 atom stereocenters. The maximum absolute atomic E-state index is 11.7. The summed E-state index contributed by atoms with van der Waals surface area (Å²) >= 11 is 1.65. The summed E-state index contributed by atoms with van der Waals surface area (Å²) < 4.78 is 0. The molecule has 15 heavy (non-hydrogen) atoms. The summed E-state index contributed by atoms with van der Waals surface area (Å²) in [6, 6.07) is 0. The normalized spacial score (nSPS) is 22.3. The van der Waals surface area contributed by atoms with Crippen molar-refractivity contribution >= 4 is 22.8 Å². The van der Waals surface area contributed by atoms with Gasteiger partial charge in [-0.05, 0) is 12.8 Å². The predicted molar refractivity (Wildman–Crippen MR) is 62.9 cm³/mol. The van der Waals surface area contributed by atoms with Gasteiger partial charge in [0.05, 0.1) is 12.4 Å². The third-order valence-electron chi connectivity index (χ3n) is 2.67. The van der Waals surface area contributed by atoms with Crippen LogP contribution in [0.15, 0.2) is 4.99 Å². The van der Waals surface area contributed by atoms with Crippen LogP contribution in [0.5, 0.6) is 0 Å². The number of hydrogen-bond acceptors (Lipinski definition) is 4. The van der Waals surface area contributed by atoms with Crippen LogP contribution < -0.4 is 5.32 Å². The molecular formula is C10H17N3OS. The Morgan fingerprint density at radius 3 is 3.13 bits per heavy atom. The van der Waals surface area contributed by atoms with Crippen molar-refractivity contribution in [3.8, 4) is 0 Å². The first-order valence-corrected chi connectivity index (χ1v) is 6.54. The van der Waals surface area contributed by atoms with Gasteiger partial charge in [-0.2, -0.15) is 0 Å². The van der Waals surface area contributed by atoms with Crippen LogP contribution in [0, 0.1) is 0 Å². The van der Waals surface area contributed by atoms with Gasteiger partial charge in [0, 0.05) is 19.5 Å². The Labute approximate surface area is 94.5 Å². The molecule has 1 N–H and O–H groups in total. The van der Waals surface area contributed by atoms with Crippen LogP contribution >= 0.6 is 11.8 Å². The smallest absolute Gasteiger partial charge is 0.223 e. The van der Waals surface area contributed by atoms with Crippen LogP contribution in [-0.2, 0) is 4.79 Å². The Hall–Kier alpha value is -0.710. The highest BCUT2D eigenvalue weighted by atomic mass is 32.2. The second-order valence-electron chi connectivity index (χ2n) is 3.85. The van der Waals surface area contributed by atoms with E-state index in [2.05, 4.69) is 10.3 Å². The molecule has 1 amide bonds. The van der Waals surface area contributed by atoms with Gasteiger partial charge >= 0.3 is 0 Å². The molecule has 0 saturated carbocycles. The topological polar surface area (TPSA) is 44.7 Å². The molecule has 0 aromatic heterocycles. The van der Waals surface area contributed by atoms with Crippen molar-refractivity contribution in [1.82, 2.24) is 10.2 Å². The van der Waals surface area contributed by atoms with E-state index in [4.69, 9.17) is 0 Å². The molecule has 1 fully saturated rings. The van der Waals surface area contributed by atoms with Crippen molar-refractivity contribution in [2.75, 3.05) is 25.5 Å². The summed E-state index contributed by atoms with van der Waals surface area (Å²) in [6.45, 7) is 2.73. The monoisotopic (exact) mass is 227 g/mol. The number of amidine groups is 1. The molecule has 2 rings (SSSR count). The lowest BCUT2D eigenvalue weighted by atomic mass is 10.2. The van der Waals surface area contributed by atoms with Gasteiger partial charge in [0.15, 0.2) is 5.17 Å². The summed E-state index contributed by atoms with van der Waals surface area (Å²) in [5.74, 6) is 1.06. The van der Waals surface area contributed by atoms with Crippen molar-refractivity contribution in [2.24, 2.45) is 4.99 Å². The third-order valence-corrected chi connectivity index (χ3v) is 3.66. The largest absolute Gasteiger partial charge is 0.363 e. The lowest BCUT2D eigenvalue weighted by Crippen LogP contribution is -2.31. The highest BCUT2D eigenvalue weighted by Gasteiger charge is 2.17. The van der Waals surface area contributed by atoms with Crippen LogP contribution in [0.25, 0.3) is 0 Å². The summed E-state index contributed by atoms with van der Waals surface area (Å²) in [5, 5.41) is 4.19. The van der Waals surface area contributed by atoms with E-state index in [1.165, 1.54) is 6.42 Å². The number of nitrogens with one attached hydrogen (secondary N) is 1. The van der Waals surface area contributed by atoms with Gasteiger partial charge < -0.3 is 10.2 Å². The Morgan fingerprint density at radius 1 is 1.40 bits per heavy atom. The third kappa shape index (κ3) is 3.12. The van der Waals surface area contributed by atoms with Gasteiger partial charge in [0.1, 0.15) is 0 Å². The Morgan fingerprint density at radius 2 is 2.33 bits per heavy atom. The number of amides is 1. The minimum Gasteiger partial charge on any atom is -0.363 e. The number of likely N-dealkylation sites (tertiary alicyclic amines) is 1. The SMILES string of the molecule is O=C1CCCCCN1CSC1=NCCN1. The van der Waals surface area contributed by atoms with E-state index in [0.29, 0.717) is 5.91 Å². The molecule has 0 aromatic carbocycles. The van der Waals surface area contributed by atoms with Crippen molar-refractivity contribution in [3.63, 3.8) is 0 Å². The predicted octanol–water partition coefficient (Wildman–Crippen LogP) is 1.04. The fraction of sp³-hybridized carbons (Fsp3) is 0.800. The van der Waals surface area contributed by atoms with Gasteiger partial charge in [0.25, 0.3) is 0 Å². The van der Waals surface area contributed by atoms with Crippen LogP contribution in [0.2, 0.25) is 0 Å². The van der Waals surface area contributed by atoms with E-state index in [1.807, 2.05) is 4.90 Å². The molecule has 84 valence electrons. The number of nitrogens with zero attached hydrogens (tertiary/aromatic N) is 2. The number of thioether (sulfide) groups is 1. The zero-order valence-electron chi connectivity index (χ0n) is 8.87. The summed E-state index contributed by atoms with van der Waals surface area (Å²) in [6.07, 6.45) is 4.11. The maximum atomic E-state index is 11.7. The number of rotatable bonds is 2. The van der Waals surface area contributed by atoms with Gasteiger partial charge in [-0.1, -0.05) is 18.2 Å². The molecule has 2 aliphatic heterocycles. The molecule has 0 bridgehead atoms. The van der Waals surface area contributed by atoms with Crippen molar-refractivity contribution < 1.29 is 4.79 Å². The first-order valence-electron chi connectivity index (χ1n) is 5.55. The van der Waals surface area contributed by atoms with Crippen molar-refractivity contribution in [2.45, 2.75) is 25.7 Å². The van der Waals surface area contributed by atoms with E-state index < -0.39 is 0 Å². The molecule has 1 saturated heterocycles. The zero-order chi connectivity index (χ0) is 10.5. The lowest BCUT2D eigenvalue weighted by molar-refractivity contribution is -0.129. The highest BCUT2D eigenvalue weighted by Crippen LogP contribution is 2.15. The Kier molecular flexibility index (Phi) is 3.88. The van der Waals surface area contributed by atoms with Crippen LogP contribution in [0.3, 0.4) is 0 Å². The second kappa shape index (κ2) is 5.39. The van der Waals surface area contributed by atoms with Gasteiger partial charge in [0.2, 0.25) is 5.91 Å². The van der Waals surface area contributed by atoms with Crippen LogP contribution in [0.4, 0.5) is 0 Å². The summed E-state index contributed by atoms with van der Waals surface area (Å²) in [5.41, 5.74) is 0. The van der Waals surface area contributed by atoms with E-state index in [0.717, 1.165) is 49.9 Å². The standard InChI is InChI=1S/C10H17N3OS/c14-9-4-2-1-3-7-13(9)8-15-10-11-5-6-12-10/h1-8H2,(H,11,12). The fourth-order valence-electron chi connectivity index (χ4n) is 1.79. The quantitative estimate of drug-likeness (QED) is 0.766. The molecule has 0 unspecified atom stereocenters. The maximum Gasteiger partial charge on any atom is 0.223 e. The minimum atomic E-state index is 0.304. The van der Waals surface area contributed by atoms with E-state index in [9.17, 15) is 4.79 Å². The molecule has 0 aliphatic carbocycles. The lowest BCUT2D eigenvalue weighted by Gasteiger charge is -2.19. The molecular weight excluding hydrogens is 210 g/mol. The van der Waals surface area contributed by atoms with Crippen LogP contribution in [0.1, 0.15) is 25.7 Å². The minimum absolute atomic E-state index is 0.304. The molecule has 5 heteroatoms. The zero-order valence-corrected chi connectivity index (χ0v) is 9.68. The summed E-state index contributed by atoms with van der Waals surface area (Å²) in [4.78, 5) is 17.9. The van der Waals surface area contributed by atoms with E-state index in [-0.39, 0.29) is 0 Å². The second-order valence-corrected chi connectivity index (χ2v) is 4.79. The first kappa shape index (κ1) is 10.8. The van der Waals surface area contributed by atoms with E-state index in [1.54, 1.807) is 11.8 Å². The molecule has 4 nitrogen and oxygen atoms in total. The van der Waals surface area contributed by atoms with Gasteiger partial charge in [-0.3, -0.25) is 9.79 Å². The number of hydrogen-bond donors (Lipinski definition) is 1. The first-order chi connectivity index (χ1) is 7.36. The Bertz CT molecular complexity index is 267. The van der Waals surface area contributed by atoms with Crippen LogP contribution in [-0.4, -0.2) is 41.5 Å². The van der Waals surface area contributed by atoms with Crippen molar-refractivity contribution in [1.29, 1.82) is 0 Å². The van der Waals surface area contributed by atoms with Gasteiger partial charge in [-0.15, -0.1) is 0 Å². The number of carbonyl (C=O) groups is 1. The Balaban J connectivity index is 1.78. The highest BCUT2D eigenvalue weighted by molar-refractivity contribution is 8.13. The molecule has 0 radical (unpaired) electrons. The fourth-order valence-corrected chi connectivity index (χ4v) is 2.72. The number of aliphatic imine (C=N–C) groups is 1. The average Bonchev–Trinajstić information content (AvgIpc) is 2.67. The molecule has 0 aromatic rings. The van der Waals surface area contributed by atoms with Gasteiger partial charge in [-0.25, -0.2) is 0 Å². The van der Waals surface area contributed by atoms with E-state index >= 15 is 0 Å².